The van der Waals surface area contributed by atoms with Crippen molar-refractivity contribution in [2.75, 3.05) is 14.2 Å². The minimum Gasteiger partial charge on any atom is -0.496 e. The molecular weight excluding hydrogens is 284 g/mol. The molecule has 0 heterocycles. The van der Waals surface area contributed by atoms with Crippen LogP contribution in [0.2, 0.25) is 0 Å². The van der Waals surface area contributed by atoms with Crippen molar-refractivity contribution in [1.29, 1.82) is 0 Å². The van der Waals surface area contributed by atoms with Gasteiger partial charge in [0.25, 0.3) is 0 Å². The number of hydrogen-bond acceptors (Lipinski definition) is 2. The molecule has 2 aromatic rings. The number of rotatable bonds is 2. The van der Waals surface area contributed by atoms with Crippen LogP contribution in [0.1, 0.15) is 30.4 Å². The van der Waals surface area contributed by atoms with Crippen molar-refractivity contribution in [2.45, 2.75) is 19.3 Å². The van der Waals surface area contributed by atoms with Gasteiger partial charge in [0.2, 0.25) is 0 Å². The van der Waals surface area contributed by atoms with Crippen LogP contribution < -0.4 is 9.47 Å². The van der Waals surface area contributed by atoms with Gasteiger partial charge in [0.1, 0.15) is 11.5 Å². The Kier molecular flexibility index (Phi) is 2.12. The van der Waals surface area contributed by atoms with Crippen LogP contribution in [0.15, 0.2) is 29.8 Å². The average Bonchev–Trinajstić information content (AvgIpc) is 2.99. The van der Waals surface area contributed by atoms with E-state index in [0.717, 1.165) is 35.2 Å². The summed E-state index contributed by atoms with van der Waals surface area (Å²) in [5.74, 6) is 5.69. The molecule has 4 atom stereocenters. The first-order valence-electron chi connectivity index (χ1n) is 8.73. The van der Waals surface area contributed by atoms with E-state index in [9.17, 15) is 0 Å². The van der Waals surface area contributed by atoms with Crippen LogP contribution in [0.5, 0.6) is 11.5 Å². The zero-order chi connectivity index (χ0) is 15.3. The van der Waals surface area contributed by atoms with Crippen molar-refractivity contribution >= 4 is 16.3 Å². The smallest absolute Gasteiger partial charge is 0.126 e. The maximum absolute atomic E-state index is 5.57. The summed E-state index contributed by atoms with van der Waals surface area (Å²) in [4.78, 5) is 0. The zero-order valence-electron chi connectivity index (χ0n) is 13.6. The van der Waals surface area contributed by atoms with E-state index in [0.29, 0.717) is 0 Å². The van der Waals surface area contributed by atoms with Gasteiger partial charge in [-0.2, -0.15) is 0 Å². The van der Waals surface area contributed by atoms with E-state index >= 15 is 0 Å². The van der Waals surface area contributed by atoms with Crippen molar-refractivity contribution in [2.24, 2.45) is 23.7 Å². The lowest BCUT2D eigenvalue weighted by Crippen LogP contribution is -2.01. The first-order valence-corrected chi connectivity index (χ1v) is 8.73. The minimum absolute atomic E-state index is 0.902. The Labute approximate surface area is 136 Å². The maximum Gasteiger partial charge on any atom is 0.126 e. The van der Waals surface area contributed by atoms with E-state index in [2.05, 4.69) is 12.1 Å². The van der Waals surface area contributed by atoms with Crippen LogP contribution in [-0.2, 0) is 0 Å². The molecule has 0 radical (unpaired) electrons. The van der Waals surface area contributed by atoms with E-state index < -0.39 is 0 Å². The van der Waals surface area contributed by atoms with E-state index in [1.54, 1.807) is 19.8 Å². The number of methoxy groups -OCH3 is 2. The topological polar surface area (TPSA) is 18.5 Å². The summed E-state index contributed by atoms with van der Waals surface area (Å²) in [5.41, 5.74) is 6.36. The van der Waals surface area contributed by atoms with Gasteiger partial charge in [-0.25, -0.2) is 0 Å². The number of hydrogen-bond donors (Lipinski definition) is 0. The fourth-order valence-corrected chi connectivity index (χ4v) is 6.05. The lowest BCUT2D eigenvalue weighted by molar-refractivity contribution is 0.410. The molecule has 5 aliphatic rings. The summed E-state index contributed by atoms with van der Waals surface area (Å²) < 4.78 is 11.1. The third kappa shape index (κ3) is 1.37. The molecule has 4 bridgehead atoms. The van der Waals surface area contributed by atoms with Gasteiger partial charge in [-0.15, -0.1) is 0 Å². The van der Waals surface area contributed by atoms with Crippen molar-refractivity contribution in [3.63, 3.8) is 0 Å². The number of ether oxygens (including phenoxy) is 2. The summed E-state index contributed by atoms with van der Waals surface area (Å²) in [5, 5.41) is 2.36. The third-order valence-electron chi connectivity index (χ3n) is 6.94. The Balaban J connectivity index is 1.57. The Bertz CT molecular complexity index is 837. The predicted octanol–water partition coefficient (Wildman–Crippen LogP) is 4.65. The van der Waals surface area contributed by atoms with Crippen LogP contribution in [0.4, 0.5) is 0 Å². The van der Waals surface area contributed by atoms with E-state index in [1.165, 1.54) is 41.2 Å². The number of fused-ring (bicyclic) bond motifs is 2. The second-order valence-electron chi connectivity index (χ2n) is 7.68. The second kappa shape index (κ2) is 3.92. The molecule has 23 heavy (non-hydrogen) atoms. The summed E-state index contributed by atoms with van der Waals surface area (Å²) >= 11 is 0. The van der Waals surface area contributed by atoms with Gasteiger partial charge in [-0.1, -0.05) is 5.57 Å². The van der Waals surface area contributed by atoms with Crippen LogP contribution in [0.25, 0.3) is 16.3 Å². The molecule has 5 aliphatic carbocycles. The zero-order valence-corrected chi connectivity index (χ0v) is 13.6. The van der Waals surface area contributed by atoms with Crippen molar-refractivity contribution in [1.82, 2.24) is 0 Å². The number of allylic oxidation sites excluding steroid dienone is 1. The highest BCUT2D eigenvalue weighted by Crippen LogP contribution is 2.69. The molecule has 0 aromatic heterocycles. The summed E-state index contributed by atoms with van der Waals surface area (Å²) in [6.07, 6.45) is 4.44. The van der Waals surface area contributed by atoms with Crippen molar-refractivity contribution in [3.8, 4) is 11.5 Å². The van der Waals surface area contributed by atoms with Gasteiger partial charge in [0.05, 0.1) is 14.2 Å². The summed E-state index contributed by atoms with van der Waals surface area (Å²) in [6, 6.07) is 8.68. The van der Waals surface area contributed by atoms with Gasteiger partial charge >= 0.3 is 0 Å². The fourth-order valence-electron chi connectivity index (χ4n) is 6.05. The van der Waals surface area contributed by atoms with Gasteiger partial charge in [-0.3, -0.25) is 0 Å². The van der Waals surface area contributed by atoms with E-state index in [1.807, 2.05) is 17.7 Å². The van der Waals surface area contributed by atoms with E-state index in [-0.39, 0.29) is 0 Å². The molecule has 2 nitrogen and oxygen atoms in total. The monoisotopic (exact) mass is 304 g/mol. The Hall–Kier alpha value is -1.96. The second-order valence-corrected chi connectivity index (χ2v) is 7.68. The predicted molar refractivity (Wildman–Crippen MR) is 90.9 cm³/mol. The molecule has 0 aliphatic heterocycles. The molecule has 116 valence electrons. The van der Waals surface area contributed by atoms with Gasteiger partial charge in [0.15, 0.2) is 0 Å². The summed E-state index contributed by atoms with van der Waals surface area (Å²) in [7, 11) is 3.49. The van der Waals surface area contributed by atoms with Crippen LogP contribution in [0, 0.1) is 23.7 Å². The molecule has 2 heteroatoms. The van der Waals surface area contributed by atoms with Crippen LogP contribution in [-0.4, -0.2) is 14.2 Å². The molecule has 4 fully saturated rings. The molecule has 0 amide bonds. The molecule has 0 spiro atoms. The molecule has 4 saturated carbocycles. The molecule has 7 rings (SSSR count). The maximum atomic E-state index is 5.57. The fraction of sp³-hybridized carbons (Fsp3) is 0.429. The summed E-state index contributed by atoms with van der Waals surface area (Å²) in [6.45, 7) is 0. The average molecular weight is 304 g/mol. The standard InChI is InChI=1S/C21H20O2/c1-22-18-3-4-19(23-2)15-9-17-16(8-14(15)18)21(17)20-12-6-10-5-11(12)7-13(10)20/h3-4,8-13H,5-7H2,1-2H3. The largest absolute Gasteiger partial charge is 0.496 e. The molecule has 0 N–H and O–H groups in total. The highest BCUT2D eigenvalue weighted by molar-refractivity contribution is 6.10. The lowest BCUT2D eigenvalue weighted by atomic mass is 9.93. The molecule has 2 aromatic carbocycles. The van der Waals surface area contributed by atoms with Gasteiger partial charge in [0, 0.05) is 10.8 Å². The van der Waals surface area contributed by atoms with Gasteiger partial charge in [-0.05, 0) is 83.9 Å². The van der Waals surface area contributed by atoms with Gasteiger partial charge < -0.3 is 9.47 Å². The molecule has 0 saturated heterocycles. The first-order chi connectivity index (χ1) is 11.3. The normalized spacial score (nSPS) is 32.1. The quantitative estimate of drug-likeness (QED) is 0.686. The van der Waals surface area contributed by atoms with E-state index in [4.69, 9.17) is 9.47 Å². The first kappa shape index (κ1) is 12.5. The SMILES string of the molecule is COc1ccc(OC)c2cc3c(cc12)C3=C1C2CC3CC2CC13. The molecule has 4 unspecified atom stereocenters. The Morgan fingerprint density at radius 2 is 1.30 bits per heavy atom. The van der Waals surface area contributed by atoms with Crippen molar-refractivity contribution < 1.29 is 9.47 Å². The van der Waals surface area contributed by atoms with Crippen LogP contribution in [0.3, 0.4) is 0 Å². The Morgan fingerprint density at radius 1 is 0.783 bits per heavy atom. The highest BCUT2D eigenvalue weighted by Gasteiger charge is 2.58. The van der Waals surface area contributed by atoms with Crippen LogP contribution >= 0.6 is 0 Å². The number of benzene rings is 2. The Morgan fingerprint density at radius 3 is 1.74 bits per heavy atom. The van der Waals surface area contributed by atoms with Crippen molar-refractivity contribution in [3.05, 3.63) is 41.0 Å². The minimum atomic E-state index is 0.902. The third-order valence-corrected chi connectivity index (χ3v) is 6.94. The highest BCUT2D eigenvalue weighted by atomic mass is 16.5. The molecular formula is C21H20O2. The lowest BCUT2D eigenvalue weighted by Gasteiger charge is -2.11.